The summed E-state index contributed by atoms with van der Waals surface area (Å²) in [5.74, 6) is 0.871. The lowest BCUT2D eigenvalue weighted by molar-refractivity contribution is 0.939. The van der Waals surface area contributed by atoms with Crippen LogP contribution < -0.4 is 0 Å². The van der Waals surface area contributed by atoms with Crippen LogP contribution in [0.3, 0.4) is 0 Å². The van der Waals surface area contributed by atoms with Crippen LogP contribution in [0.25, 0.3) is 16.6 Å². The van der Waals surface area contributed by atoms with Crippen LogP contribution in [0, 0.1) is 6.92 Å². The highest BCUT2D eigenvalue weighted by molar-refractivity contribution is 9.10. The van der Waals surface area contributed by atoms with Crippen molar-refractivity contribution in [1.82, 2.24) is 14.6 Å². The molecule has 0 unspecified atom stereocenters. The number of hydrogen-bond donors (Lipinski definition) is 0. The molecule has 0 bridgehead atoms. The maximum atomic E-state index is 4.39. The number of aromatic nitrogens is 3. The van der Waals surface area contributed by atoms with Crippen molar-refractivity contribution >= 4 is 44.2 Å². The van der Waals surface area contributed by atoms with Crippen molar-refractivity contribution in [3.05, 3.63) is 70.2 Å². The van der Waals surface area contributed by atoms with Gasteiger partial charge in [-0.1, -0.05) is 58.0 Å². The first kappa shape index (κ1) is 14.7. The first-order valence-corrected chi connectivity index (χ1v) is 9.11. The van der Waals surface area contributed by atoms with Crippen molar-refractivity contribution in [3.8, 4) is 0 Å². The van der Waals surface area contributed by atoms with Gasteiger partial charge in [0.15, 0.2) is 10.8 Å². The number of benzene rings is 2. The van der Waals surface area contributed by atoms with Gasteiger partial charge in [-0.2, -0.15) is 0 Å². The van der Waals surface area contributed by atoms with E-state index in [-0.39, 0.29) is 0 Å². The predicted octanol–water partition coefficient (Wildman–Crippen LogP) is 5.25. The van der Waals surface area contributed by atoms with Crippen molar-refractivity contribution < 1.29 is 0 Å². The fraction of sp³-hybridized carbons (Fsp3) is 0.111. The second kappa shape index (κ2) is 5.98. The van der Waals surface area contributed by atoms with E-state index in [0.717, 1.165) is 26.5 Å². The van der Waals surface area contributed by atoms with E-state index in [1.54, 1.807) is 11.8 Å². The maximum absolute atomic E-state index is 4.39. The molecule has 0 fully saturated rings. The molecule has 2 heterocycles. The van der Waals surface area contributed by atoms with E-state index in [9.17, 15) is 0 Å². The molecule has 4 aromatic rings. The second-order valence-electron chi connectivity index (χ2n) is 5.44. The molecular formula is C18H14BrN3S. The van der Waals surface area contributed by atoms with Gasteiger partial charge >= 0.3 is 0 Å². The van der Waals surface area contributed by atoms with E-state index in [4.69, 9.17) is 0 Å². The summed E-state index contributed by atoms with van der Waals surface area (Å²) in [7, 11) is 0. The van der Waals surface area contributed by atoms with Gasteiger partial charge in [0.1, 0.15) is 0 Å². The first-order chi connectivity index (χ1) is 11.2. The summed E-state index contributed by atoms with van der Waals surface area (Å²) in [4.78, 5) is 0. The second-order valence-corrected chi connectivity index (χ2v) is 7.29. The molecule has 0 spiro atoms. The fourth-order valence-electron chi connectivity index (χ4n) is 2.70. The number of thioether (sulfide) groups is 1. The van der Waals surface area contributed by atoms with E-state index in [0.29, 0.717) is 0 Å². The van der Waals surface area contributed by atoms with Gasteiger partial charge in [0.25, 0.3) is 0 Å². The Bertz CT molecular complexity index is 992. The highest BCUT2D eigenvalue weighted by atomic mass is 79.9. The summed E-state index contributed by atoms with van der Waals surface area (Å²) < 4.78 is 3.24. The van der Waals surface area contributed by atoms with E-state index in [1.807, 2.05) is 0 Å². The third-order valence-corrected chi connectivity index (χ3v) is 5.38. The molecule has 4 rings (SSSR count). The fourth-order valence-corrected chi connectivity index (χ4v) is 3.87. The Morgan fingerprint density at radius 1 is 1.04 bits per heavy atom. The van der Waals surface area contributed by atoms with Crippen molar-refractivity contribution in [2.75, 3.05) is 0 Å². The average Bonchev–Trinajstić information content (AvgIpc) is 2.98. The smallest absolute Gasteiger partial charge is 0.196 e. The molecule has 2 aromatic heterocycles. The number of fused-ring (bicyclic) bond motifs is 3. The topological polar surface area (TPSA) is 30.2 Å². The molecule has 0 saturated heterocycles. The maximum Gasteiger partial charge on any atom is 0.196 e. The first-order valence-electron chi connectivity index (χ1n) is 7.33. The summed E-state index contributed by atoms with van der Waals surface area (Å²) in [5, 5.41) is 10.9. The van der Waals surface area contributed by atoms with E-state index in [1.165, 1.54) is 16.5 Å². The number of halogens is 1. The van der Waals surface area contributed by atoms with Gasteiger partial charge in [0, 0.05) is 15.6 Å². The zero-order chi connectivity index (χ0) is 15.8. The molecule has 23 heavy (non-hydrogen) atoms. The summed E-state index contributed by atoms with van der Waals surface area (Å²) in [5.41, 5.74) is 4.56. The lowest BCUT2D eigenvalue weighted by Crippen LogP contribution is -1.93. The van der Waals surface area contributed by atoms with Gasteiger partial charge in [0.2, 0.25) is 0 Å². The molecule has 0 saturated carbocycles. The third-order valence-electron chi connectivity index (χ3n) is 3.85. The highest BCUT2D eigenvalue weighted by Crippen LogP contribution is 2.27. The van der Waals surface area contributed by atoms with E-state index >= 15 is 0 Å². The van der Waals surface area contributed by atoms with Crippen LogP contribution in [-0.4, -0.2) is 14.6 Å². The SMILES string of the molecule is Cc1cc2nnc(SCc3ccc(Br)cc3)n2c2ccccc12. The lowest BCUT2D eigenvalue weighted by atomic mass is 10.1. The lowest BCUT2D eigenvalue weighted by Gasteiger charge is -2.07. The van der Waals surface area contributed by atoms with Crippen LogP contribution in [0.1, 0.15) is 11.1 Å². The Balaban J connectivity index is 1.75. The molecule has 0 atom stereocenters. The zero-order valence-electron chi connectivity index (χ0n) is 12.5. The molecule has 3 nitrogen and oxygen atoms in total. The summed E-state index contributed by atoms with van der Waals surface area (Å²) >= 11 is 5.18. The number of pyridine rings is 1. The molecule has 0 amide bonds. The molecule has 0 radical (unpaired) electrons. The van der Waals surface area contributed by atoms with Crippen molar-refractivity contribution in [2.45, 2.75) is 17.8 Å². The standard InChI is InChI=1S/C18H14BrN3S/c1-12-10-17-20-21-18(22(17)16-5-3-2-4-15(12)16)23-11-13-6-8-14(19)9-7-13/h2-10H,11H2,1H3. The minimum Gasteiger partial charge on any atom is -0.270 e. The van der Waals surface area contributed by atoms with Gasteiger partial charge in [-0.15, -0.1) is 10.2 Å². The number of nitrogens with zero attached hydrogens (tertiary/aromatic N) is 3. The van der Waals surface area contributed by atoms with Crippen molar-refractivity contribution in [1.29, 1.82) is 0 Å². The summed E-state index contributed by atoms with van der Waals surface area (Å²) in [6, 6.07) is 18.9. The van der Waals surface area contributed by atoms with Crippen LogP contribution in [-0.2, 0) is 5.75 Å². The van der Waals surface area contributed by atoms with Gasteiger partial charge in [-0.25, -0.2) is 0 Å². The molecule has 0 N–H and O–H groups in total. The van der Waals surface area contributed by atoms with Crippen LogP contribution in [0.15, 0.2) is 64.2 Å². The Kier molecular flexibility index (Phi) is 3.83. The molecule has 2 aromatic carbocycles. The Hall–Kier alpha value is -1.85. The van der Waals surface area contributed by atoms with Gasteiger partial charge in [-0.05, 0) is 42.3 Å². The largest absolute Gasteiger partial charge is 0.270 e. The molecule has 0 aliphatic heterocycles. The van der Waals surface area contributed by atoms with Crippen LogP contribution >= 0.6 is 27.7 Å². The normalized spacial score (nSPS) is 11.4. The number of para-hydroxylation sites is 1. The molecular weight excluding hydrogens is 370 g/mol. The highest BCUT2D eigenvalue weighted by Gasteiger charge is 2.11. The summed E-state index contributed by atoms with van der Waals surface area (Å²) in [6.07, 6.45) is 0. The molecule has 5 heteroatoms. The average molecular weight is 384 g/mol. The third kappa shape index (κ3) is 2.75. The Morgan fingerprint density at radius 3 is 2.65 bits per heavy atom. The Labute approximate surface area is 146 Å². The van der Waals surface area contributed by atoms with Gasteiger partial charge in [0.05, 0.1) is 5.52 Å². The summed E-state index contributed by atoms with van der Waals surface area (Å²) in [6.45, 7) is 2.12. The van der Waals surface area contributed by atoms with Crippen molar-refractivity contribution in [2.24, 2.45) is 0 Å². The van der Waals surface area contributed by atoms with Crippen molar-refractivity contribution in [3.63, 3.8) is 0 Å². The van der Waals surface area contributed by atoms with Crippen LogP contribution in [0.5, 0.6) is 0 Å². The molecule has 114 valence electrons. The number of rotatable bonds is 3. The van der Waals surface area contributed by atoms with E-state index in [2.05, 4.69) is 92.0 Å². The monoisotopic (exact) mass is 383 g/mol. The van der Waals surface area contributed by atoms with Gasteiger partial charge < -0.3 is 0 Å². The number of hydrogen-bond acceptors (Lipinski definition) is 3. The van der Waals surface area contributed by atoms with E-state index < -0.39 is 0 Å². The van der Waals surface area contributed by atoms with Gasteiger partial charge in [-0.3, -0.25) is 4.40 Å². The predicted molar refractivity (Wildman–Crippen MR) is 98.9 cm³/mol. The quantitative estimate of drug-likeness (QED) is 0.452. The zero-order valence-corrected chi connectivity index (χ0v) is 14.9. The molecule has 0 aliphatic carbocycles. The minimum absolute atomic E-state index is 0.871. The molecule has 0 aliphatic rings. The Morgan fingerprint density at radius 2 is 1.83 bits per heavy atom. The minimum atomic E-state index is 0.871. The van der Waals surface area contributed by atoms with Crippen LogP contribution in [0.4, 0.5) is 0 Å². The number of aryl methyl sites for hydroxylation is 1. The van der Waals surface area contributed by atoms with Crippen LogP contribution in [0.2, 0.25) is 0 Å².